The van der Waals surface area contributed by atoms with Gasteiger partial charge in [0.05, 0.1) is 35.6 Å². The Labute approximate surface area is 206 Å². The monoisotopic (exact) mass is 490 g/mol. The standard InChI is InChI=1S/C27H26N2O5S/c1-5-14-34-21-9-7-8-18(15-21)16-22-25(30)29-24(19-10-12-20(32-4)13-11-19)23(26(31)33-6-2)17(3)28-27(29)35-22/h5,7-13,15-16,24H,1,6,14H2,2-4H3/b22-16-/t24-/m0/s1. The molecule has 180 valence electrons. The molecule has 4 rings (SSSR count). The van der Waals surface area contributed by atoms with E-state index in [4.69, 9.17) is 14.2 Å². The fourth-order valence-electron chi connectivity index (χ4n) is 3.89. The Bertz CT molecular complexity index is 1460. The Kier molecular flexibility index (Phi) is 7.31. The Morgan fingerprint density at radius 2 is 1.97 bits per heavy atom. The van der Waals surface area contributed by atoms with Crippen LogP contribution in [0.1, 0.15) is 31.0 Å². The van der Waals surface area contributed by atoms with Crippen molar-refractivity contribution in [2.24, 2.45) is 4.99 Å². The molecule has 7 nitrogen and oxygen atoms in total. The molecular formula is C27H26N2O5S. The molecule has 0 bridgehead atoms. The minimum Gasteiger partial charge on any atom is -0.497 e. The number of methoxy groups -OCH3 is 1. The van der Waals surface area contributed by atoms with Crippen LogP contribution in [0.2, 0.25) is 0 Å². The number of hydrogen-bond donors (Lipinski definition) is 0. The molecule has 3 aromatic rings. The zero-order chi connectivity index (χ0) is 24.9. The summed E-state index contributed by atoms with van der Waals surface area (Å²) in [5.74, 6) is 0.872. The molecule has 0 spiro atoms. The van der Waals surface area contributed by atoms with Crippen molar-refractivity contribution in [3.63, 3.8) is 0 Å². The third-order valence-corrected chi connectivity index (χ3v) is 6.46. The normalized spacial score (nSPS) is 15.3. The highest BCUT2D eigenvalue weighted by atomic mass is 32.1. The molecule has 1 aliphatic rings. The van der Waals surface area contributed by atoms with Crippen LogP contribution in [0.4, 0.5) is 0 Å². The van der Waals surface area contributed by atoms with Crippen LogP contribution in [0.5, 0.6) is 11.5 Å². The van der Waals surface area contributed by atoms with E-state index < -0.39 is 12.0 Å². The molecule has 1 aromatic heterocycles. The minimum atomic E-state index is -0.666. The number of carbonyl (C=O) groups excluding carboxylic acids is 1. The number of ether oxygens (including phenoxy) is 3. The van der Waals surface area contributed by atoms with Gasteiger partial charge in [-0.2, -0.15) is 0 Å². The second-order valence-corrected chi connectivity index (χ2v) is 8.76. The number of fused-ring (bicyclic) bond motifs is 1. The first-order valence-electron chi connectivity index (χ1n) is 11.1. The zero-order valence-electron chi connectivity index (χ0n) is 19.8. The highest BCUT2D eigenvalue weighted by Gasteiger charge is 2.33. The molecule has 2 aromatic carbocycles. The average Bonchev–Trinajstić information content (AvgIpc) is 3.16. The third kappa shape index (κ3) is 4.97. The summed E-state index contributed by atoms with van der Waals surface area (Å²) in [5, 5.41) is 0. The number of rotatable bonds is 8. The van der Waals surface area contributed by atoms with Gasteiger partial charge in [0.2, 0.25) is 0 Å². The molecule has 35 heavy (non-hydrogen) atoms. The molecule has 0 saturated carbocycles. The van der Waals surface area contributed by atoms with Crippen molar-refractivity contribution in [2.45, 2.75) is 19.9 Å². The van der Waals surface area contributed by atoms with E-state index in [2.05, 4.69) is 11.6 Å². The summed E-state index contributed by atoms with van der Waals surface area (Å²) in [7, 11) is 1.59. The molecule has 1 aliphatic heterocycles. The minimum absolute atomic E-state index is 0.222. The SMILES string of the molecule is C=CCOc1cccc(/C=c2\sc3n(c2=O)[C@@H](c2ccc(OC)cc2)C(C(=O)OCC)=C(C)N=3)c1. The van der Waals surface area contributed by atoms with Crippen molar-refractivity contribution in [1.82, 2.24) is 4.57 Å². The lowest BCUT2D eigenvalue weighted by Crippen LogP contribution is -2.39. The lowest BCUT2D eigenvalue weighted by Gasteiger charge is -2.24. The lowest BCUT2D eigenvalue weighted by molar-refractivity contribution is -0.139. The van der Waals surface area contributed by atoms with Crippen molar-refractivity contribution >= 4 is 23.4 Å². The second-order valence-electron chi connectivity index (χ2n) is 7.75. The van der Waals surface area contributed by atoms with Crippen LogP contribution in [0.25, 0.3) is 6.08 Å². The van der Waals surface area contributed by atoms with Gasteiger partial charge in [0, 0.05) is 0 Å². The number of benzene rings is 2. The van der Waals surface area contributed by atoms with Crippen LogP contribution >= 0.6 is 11.3 Å². The number of hydrogen-bond acceptors (Lipinski definition) is 7. The van der Waals surface area contributed by atoms with Gasteiger partial charge in [-0.05, 0) is 55.3 Å². The molecule has 8 heteroatoms. The average molecular weight is 491 g/mol. The number of allylic oxidation sites excluding steroid dienone is 1. The van der Waals surface area contributed by atoms with E-state index in [9.17, 15) is 9.59 Å². The molecule has 0 aliphatic carbocycles. The van der Waals surface area contributed by atoms with Gasteiger partial charge >= 0.3 is 5.97 Å². The van der Waals surface area contributed by atoms with Gasteiger partial charge in [-0.3, -0.25) is 9.36 Å². The third-order valence-electron chi connectivity index (χ3n) is 5.47. The van der Waals surface area contributed by atoms with E-state index >= 15 is 0 Å². The molecule has 0 saturated heterocycles. The smallest absolute Gasteiger partial charge is 0.338 e. The molecule has 0 radical (unpaired) electrons. The van der Waals surface area contributed by atoms with E-state index in [0.29, 0.717) is 38.7 Å². The second kappa shape index (κ2) is 10.6. The quantitative estimate of drug-likeness (QED) is 0.357. The first-order valence-corrected chi connectivity index (χ1v) is 12.0. The topological polar surface area (TPSA) is 79.1 Å². The van der Waals surface area contributed by atoms with E-state index in [0.717, 1.165) is 11.1 Å². The first kappa shape index (κ1) is 24.2. The number of esters is 1. The number of nitrogens with zero attached hydrogens (tertiary/aromatic N) is 2. The Morgan fingerprint density at radius 3 is 2.66 bits per heavy atom. The van der Waals surface area contributed by atoms with E-state index in [1.807, 2.05) is 36.4 Å². The fraction of sp³-hybridized carbons (Fsp3) is 0.222. The van der Waals surface area contributed by atoms with E-state index in [-0.39, 0.29) is 12.2 Å². The summed E-state index contributed by atoms with van der Waals surface area (Å²) in [6.45, 7) is 7.79. The lowest BCUT2D eigenvalue weighted by atomic mass is 9.96. The molecule has 0 unspecified atom stereocenters. The molecule has 0 amide bonds. The highest BCUT2D eigenvalue weighted by Crippen LogP contribution is 2.31. The fourth-order valence-corrected chi connectivity index (χ4v) is 4.94. The maximum absolute atomic E-state index is 13.7. The Hall–Kier alpha value is -3.91. The maximum Gasteiger partial charge on any atom is 0.338 e. The van der Waals surface area contributed by atoms with Crippen LogP contribution in [0.15, 0.2) is 82.2 Å². The van der Waals surface area contributed by atoms with Gasteiger partial charge in [0.1, 0.15) is 18.1 Å². The predicted octanol–water partition coefficient (Wildman–Crippen LogP) is 3.37. The van der Waals surface area contributed by atoms with Crippen molar-refractivity contribution in [1.29, 1.82) is 0 Å². The van der Waals surface area contributed by atoms with Crippen LogP contribution in [-0.2, 0) is 9.53 Å². The van der Waals surface area contributed by atoms with Gasteiger partial charge in [0.25, 0.3) is 5.56 Å². The Morgan fingerprint density at radius 1 is 1.20 bits per heavy atom. The van der Waals surface area contributed by atoms with E-state index in [1.54, 1.807) is 49.8 Å². The summed E-state index contributed by atoms with van der Waals surface area (Å²) in [6, 6.07) is 14.1. The summed E-state index contributed by atoms with van der Waals surface area (Å²) in [5.41, 5.74) is 2.21. The summed E-state index contributed by atoms with van der Waals surface area (Å²) in [6.07, 6.45) is 3.48. The first-order chi connectivity index (χ1) is 17.0. The van der Waals surface area contributed by atoms with Crippen LogP contribution < -0.4 is 24.4 Å². The maximum atomic E-state index is 13.7. The molecule has 0 N–H and O–H groups in total. The van der Waals surface area contributed by atoms with Gasteiger partial charge in [-0.25, -0.2) is 9.79 Å². The molecule has 1 atom stereocenters. The van der Waals surface area contributed by atoms with Crippen molar-refractivity contribution in [3.05, 3.63) is 103 Å². The summed E-state index contributed by atoms with van der Waals surface area (Å²) in [4.78, 5) is 31.7. The van der Waals surface area contributed by atoms with Gasteiger partial charge in [-0.1, -0.05) is 48.3 Å². The van der Waals surface area contributed by atoms with Crippen LogP contribution in [0.3, 0.4) is 0 Å². The van der Waals surface area contributed by atoms with E-state index in [1.165, 1.54) is 11.3 Å². The summed E-state index contributed by atoms with van der Waals surface area (Å²) >= 11 is 1.28. The van der Waals surface area contributed by atoms with Crippen molar-refractivity contribution in [3.8, 4) is 11.5 Å². The zero-order valence-corrected chi connectivity index (χ0v) is 20.6. The number of thiazole rings is 1. The Balaban J connectivity index is 1.87. The highest BCUT2D eigenvalue weighted by molar-refractivity contribution is 7.07. The molecule has 2 heterocycles. The molecular weight excluding hydrogens is 464 g/mol. The predicted molar refractivity (Wildman–Crippen MR) is 136 cm³/mol. The number of aromatic nitrogens is 1. The summed E-state index contributed by atoms with van der Waals surface area (Å²) < 4.78 is 18.3. The van der Waals surface area contributed by atoms with Crippen LogP contribution in [-0.4, -0.2) is 30.9 Å². The van der Waals surface area contributed by atoms with Crippen molar-refractivity contribution < 1.29 is 19.0 Å². The largest absolute Gasteiger partial charge is 0.497 e. The van der Waals surface area contributed by atoms with Gasteiger partial charge in [0.15, 0.2) is 4.80 Å². The van der Waals surface area contributed by atoms with Crippen molar-refractivity contribution in [2.75, 3.05) is 20.3 Å². The van der Waals surface area contributed by atoms with Gasteiger partial charge in [-0.15, -0.1) is 0 Å². The van der Waals surface area contributed by atoms with Crippen LogP contribution in [0, 0.1) is 0 Å². The molecule has 0 fully saturated rings. The van der Waals surface area contributed by atoms with Gasteiger partial charge < -0.3 is 14.2 Å². The number of carbonyl (C=O) groups is 1.